The van der Waals surface area contributed by atoms with Gasteiger partial charge in [0.2, 0.25) is 0 Å². The molecule has 0 amide bonds. The van der Waals surface area contributed by atoms with Crippen LogP contribution in [0.1, 0.15) is 0 Å². The lowest BCUT2D eigenvalue weighted by Crippen LogP contribution is -2.31. The third-order valence-corrected chi connectivity index (χ3v) is 2.26. The molecular weight excluding hydrogens is 248 g/mol. The van der Waals surface area contributed by atoms with Crippen LogP contribution in [0.5, 0.6) is 0 Å². The maximum absolute atomic E-state index is 12.9. The molecule has 8 heteroatoms. The average Bonchev–Trinajstić information content (AvgIpc) is 2.35. The maximum atomic E-state index is 12.9. The van der Waals surface area contributed by atoms with Crippen molar-refractivity contribution in [3.63, 3.8) is 0 Å². The molecule has 0 aliphatic heterocycles. The highest BCUT2D eigenvalue weighted by Gasteiger charge is 2.29. The minimum absolute atomic E-state index is 0.0278. The zero-order valence-electron chi connectivity index (χ0n) is 9.61. The van der Waals surface area contributed by atoms with Crippen LogP contribution in [0.3, 0.4) is 0 Å². The monoisotopic (exact) mass is 261 g/mol. The molecule has 1 aromatic rings. The van der Waals surface area contributed by atoms with Crippen LogP contribution >= 0.6 is 0 Å². The van der Waals surface area contributed by atoms with Gasteiger partial charge in [-0.3, -0.25) is 10.1 Å². The Morgan fingerprint density at radius 3 is 2.56 bits per heavy atom. The number of hydrogen-bond acceptors (Lipinski definition) is 5. The lowest BCUT2D eigenvalue weighted by molar-refractivity contribution is -0.383. The number of aliphatic hydroxyl groups is 1. The first-order valence-corrected chi connectivity index (χ1v) is 5.09. The van der Waals surface area contributed by atoms with Crippen LogP contribution in [0.2, 0.25) is 0 Å². The molecule has 0 aromatic heterocycles. The van der Waals surface area contributed by atoms with Crippen LogP contribution in [-0.4, -0.2) is 36.2 Å². The second-order valence-corrected chi connectivity index (χ2v) is 3.58. The van der Waals surface area contributed by atoms with E-state index in [1.165, 1.54) is 25.2 Å². The van der Waals surface area contributed by atoms with Gasteiger partial charge in [-0.05, 0) is 12.1 Å². The number of benzene rings is 1. The Kier molecular flexibility index (Phi) is 4.38. The number of anilines is 2. The molecule has 0 spiro atoms. The minimum atomic E-state index is -3.33. The van der Waals surface area contributed by atoms with Crippen molar-refractivity contribution in [3.05, 3.63) is 28.3 Å². The molecule has 1 aromatic carbocycles. The van der Waals surface area contributed by atoms with Crippen LogP contribution in [-0.2, 0) is 0 Å². The van der Waals surface area contributed by atoms with Gasteiger partial charge in [0.25, 0.3) is 5.92 Å². The molecule has 0 saturated carbocycles. The third-order valence-electron chi connectivity index (χ3n) is 2.26. The fraction of sp³-hybridized carbons (Fsp3) is 0.400. The zero-order chi connectivity index (χ0) is 13.8. The number of para-hydroxylation sites is 1. The molecule has 0 radical (unpaired) electrons. The van der Waals surface area contributed by atoms with Crippen molar-refractivity contribution >= 4 is 17.1 Å². The highest BCUT2D eigenvalue weighted by molar-refractivity contribution is 5.76. The topological polar surface area (TPSA) is 87.4 Å². The molecule has 0 aliphatic carbocycles. The summed E-state index contributed by atoms with van der Waals surface area (Å²) in [4.78, 5) is 10.2. The summed E-state index contributed by atoms with van der Waals surface area (Å²) in [6, 6.07) is 4.29. The van der Waals surface area contributed by atoms with Crippen LogP contribution in [0.25, 0.3) is 0 Å². The van der Waals surface area contributed by atoms with E-state index in [0.29, 0.717) is 0 Å². The van der Waals surface area contributed by atoms with Crippen molar-refractivity contribution in [3.8, 4) is 0 Å². The molecule has 0 fully saturated rings. The molecule has 6 nitrogen and oxygen atoms in total. The Hall–Kier alpha value is -1.96. The quantitative estimate of drug-likeness (QED) is 0.535. The minimum Gasteiger partial charge on any atom is -0.390 e. The Morgan fingerprint density at radius 2 is 2.06 bits per heavy atom. The van der Waals surface area contributed by atoms with E-state index < -0.39 is 24.0 Å². The number of nitro groups is 1. The number of nitro benzene ring substituents is 1. The predicted octanol–water partition coefficient (Wildman–Crippen LogP) is 1.68. The Bertz CT molecular complexity index is 440. The van der Waals surface area contributed by atoms with Crippen molar-refractivity contribution in [2.45, 2.75) is 5.92 Å². The summed E-state index contributed by atoms with van der Waals surface area (Å²) >= 11 is 0. The molecule has 100 valence electrons. The maximum Gasteiger partial charge on any atom is 0.315 e. The average molecular weight is 261 g/mol. The Morgan fingerprint density at radius 1 is 1.44 bits per heavy atom. The molecule has 0 saturated heterocycles. The van der Waals surface area contributed by atoms with Crippen LogP contribution in [0.15, 0.2) is 18.2 Å². The van der Waals surface area contributed by atoms with E-state index in [1.54, 1.807) is 0 Å². The number of alkyl halides is 2. The van der Waals surface area contributed by atoms with Gasteiger partial charge in [-0.25, -0.2) is 8.78 Å². The zero-order valence-corrected chi connectivity index (χ0v) is 9.61. The van der Waals surface area contributed by atoms with E-state index in [1.807, 2.05) is 0 Å². The molecule has 18 heavy (non-hydrogen) atoms. The summed E-state index contributed by atoms with van der Waals surface area (Å²) in [5, 5.41) is 24.2. The molecular formula is C10H13F2N3O3. The van der Waals surface area contributed by atoms with E-state index in [0.717, 1.165) is 0 Å². The fourth-order valence-corrected chi connectivity index (χ4v) is 1.37. The highest BCUT2D eigenvalue weighted by Crippen LogP contribution is 2.32. The third kappa shape index (κ3) is 3.27. The largest absolute Gasteiger partial charge is 0.390 e. The Labute approximate surface area is 102 Å². The second kappa shape index (κ2) is 5.58. The number of hydrogen-bond donors (Lipinski definition) is 3. The van der Waals surface area contributed by atoms with Crippen molar-refractivity contribution in [1.29, 1.82) is 0 Å². The van der Waals surface area contributed by atoms with Gasteiger partial charge in [0.15, 0.2) is 0 Å². The summed E-state index contributed by atoms with van der Waals surface area (Å²) in [6.45, 7) is -2.20. The van der Waals surface area contributed by atoms with E-state index in [-0.39, 0.29) is 17.1 Å². The predicted molar refractivity (Wildman–Crippen MR) is 63.2 cm³/mol. The Balaban J connectivity index is 2.99. The van der Waals surface area contributed by atoms with Crippen molar-refractivity contribution in [1.82, 2.24) is 0 Å². The van der Waals surface area contributed by atoms with Crippen LogP contribution in [0.4, 0.5) is 25.8 Å². The first-order chi connectivity index (χ1) is 8.41. The van der Waals surface area contributed by atoms with E-state index in [9.17, 15) is 18.9 Å². The van der Waals surface area contributed by atoms with Gasteiger partial charge in [-0.15, -0.1) is 0 Å². The normalized spacial score (nSPS) is 11.1. The van der Waals surface area contributed by atoms with Gasteiger partial charge in [-0.2, -0.15) is 0 Å². The van der Waals surface area contributed by atoms with E-state index in [4.69, 9.17) is 5.11 Å². The molecule has 3 N–H and O–H groups in total. The number of halogens is 2. The van der Waals surface area contributed by atoms with E-state index >= 15 is 0 Å². The van der Waals surface area contributed by atoms with Gasteiger partial charge in [0.05, 0.1) is 11.5 Å². The standard InChI is InChI=1S/C10H13F2N3O3/c1-13-7-3-2-4-8(9(7)15(17)18)14-5-10(11,12)6-16/h2-4,13-14,16H,5-6H2,1H3. The molecule has 0 bridgehead atoms. The van der Waals surface area contributed by atoms with Gasteiger partial charge in [0, 0.05) is 7.05 Å². The number of rotatable bonds is 6. The van der Waals surface area contributed by atoms with Crippen molar-refractivity contribution < 1.29 is 18.8 Å². The lowest BCUT2D eigenvalue weighted by atomic mass is 10.2. The smallest absolute Gasteiger partial charge is 0.315 e. The summed E-state index contributed by atoms with van der Waals surface area (Å²) < 4.78 is 25.7. The highest BCUT2D eigenvalue weighted by atomic mass is 19.3. The number of aliphatic hydroxyl groups excluding tert-OH is 1. The second-order valence-electron chi connectivity index (χ2n) is 3.58. The molecule has 0 unspecified atom stereocenters. The van der Waals surface area contributed by atoms with Gasteiger partial charge in [0.1, 0.15) is 18.0 Å². The number of nitrogens with zero attached hydrogens (tertiary/aromatic N) is 1. The fourth-order valence-electron chi connectivity index (χ4n) is 1.37. The van der Waals surface area contributed by atoms with Crippen molar-refractivity contribution in [2.24, 2.45) is 0 Å². The summed E-state index contributed by atoms with van der Waals surface area (Å²) in [7, 11) is 1.49. The molecule has 0 heterocycles. The number of nitrogens with one attached hydrogen (secondary N) is 2. The summed E-state index contributed by atoms with van der Waals surface area (Å²) in [5.41, 5.74) is -0.119. The first-order valence-electron chi connectivity index (χ1n) is 5.09. The summed E-state index contributed by atoms with van der Waals surface area (Å²) in [5.74, 6) is -3.33. The van der Waals surface area contributed by atoms with Crippen LogP contribution in [0, 0.1) is 10.1 Å². The van der Waals surface area contributed by atoms with E-state index in [2.05, 4.69) is 10.6 Å². The molecule has 0 atom stereocenters. The van der Waals surface area contributed by atoms with Gasteiger partial charge >= 0.3 is 5.69 Å². The molecule has 0 aliphatic rings. The van der Waals surface area contributed by atoms with Crippen LogP contribution < -0.4 is 10.6 Å². The summed E-state index contributed by atoms with van der Waals surface area (Å²) in [6.07, 6.45) is 0. The SMILES string of the molecule is CNc1cccc(NCC(F)(F)CO)c1[N+](=O)[O-]. The first kappa shape index (κ1) is 14.1. The van der Waals surface area contributed by atoms with Gasteiger partial charge in [-0.1, -0.05) is 6.07 Å². The van der Waals surface area contributed by atoms with Crippen molar-refractivity contribution in [2.75, 3.05) is 30.8 Å². The molecule has 1 rings (SSSR count). The lowest BCUT2D eigenvalue weighted by Gasteiger charge is -2.15. The van der Waals surface area contributed by atoms with Gasteiger partial charge < -0.3 is 15.7 Å².